The molecule has 1 amide bonds. The molecule has 2 aromatic heterocycles. The smallest absolute Gasteiger partial charge is 0.277 e. The van der Waals surface area contributed by atoms with Crippen LogP contribution >= 0.6 is 0 Å². The van der Waals surface area contributed by atoms with Crippen LogP contribution in [-0.2, 0) is 7.05 Å². The van der Waals surface area contributed by atoms with Gasteiger partial charge in [-0.15, -0.1) is 0 Å². The van der Waals surface area contributed by atoms with Crippen LogP contribution in [0.25, 0.3) is 10.9 Å². The number of fused-ring (bicyclic) bond motifs is 1. The van der Waals surface area contributed by atoms with Gasteiger partial charge < -0.3 is 5.32 Å². The predicted molar refractivity (Wildman–Crippen MR) is 76.7 cm³/mol. The van der Waals surface area contributed by atoms with E-state index in [-0.39, 0.29) is 5.91 Å². The summed E-state index contributed by atoms with van der Waals surface area (Å²) in [5, 5.41) is 14.8. The Bertz CT molecular complexity index is 799. The molecule has 0 unspecified atom stereocenters. The van der Waals surface area contributed by atoms with Crippen LogP contribution in [0, 0.1) is 13.8 Å². The molecular weight excluding hydrogens is 254 g/mol. The zero-order valence-electron chi connectivity index (χ0n) is 11.6. The summed E-state index contributed by atoms with van der Waals surface area (Å²) in [5.41, 5.74) is 3.18. The number of aryl methyl sites for hydroxylation is 3. The van der Waals surface area contributed by atoms with E-state index >= 15 is 0 Å². The molecule has 0 saturated carbocycles. The molecule has 0 fully saturated rings. The summed E-state index contributed by atoms with van der Waals surface area (Å²) < 4.78 is 1.63. The maximum Gasteiger partial charge on any atom is 0.277 e. The number of hydrogen-bond acceptors (Lipinski definition) is 3. The van der Waals surface area contributed by atoms with E-state index in [1.807, 2.05) is 38.1 Å². The molecule has 0 saturated heterocycles. The number of aromatic amines is 1. The van der Waals surface area contributed by atoms with Crippen LogP contribution < -0.4 is 5.32 Å². The van der Waals surface area contributed by atoms with Gasteiger partial charge in [-0.3, -0.25) is 14.6 Å². The normalized spacial score (nSPS) is 10.9. The lowest BCUT2D eigenvalue weighted by atomic mass is 10.1. The summed E-state index contributed by atoms with van der Waals surface area (Å²) in [4.78, 5) is 12.3. The second-order valence-electron chi connectivity index (χ2n) is 4.87. The zero-order valence-corrected chi connectivity index (χ0v) is 11.6. The molecule has 6 heteroatoms. The monoisotopic (exact) mass is 269 g/mol. The molecule has 0 spiro atoms. The number of benzene rings is 1. The molecule has 0 aliphatic heterocycles. The first-order chi connectivity index (χ1) is 9.54. The fourth-order valence-electron chi connectivity index (χ4n) is 2.20. The van der Waals surface area contributed by atoms with Gasteiger partial charge in [-0.05, 0) is 26.0 Å². The van der Waals surface area contributed by atoms with Crippen molar-refractivity contribution in [3.05, 3.63) is 41.2 Å². The highest BCUT2D eigenvalue weighted by Crippen LogP contribution is 2.19. The first kappa shape index (κ1) is 12.4. The number of carbonyl (C=O) groups excluding carboxylic acids is 1. The SMILES string of the molecule is Cc1ccc2[nH]nc(C(=O)Nc3cc(C)nn3C)c2c1. The van der Waals surface area contributed by atoms with Crippen LogP contribution in [0.2, 0.25) is 0 Å². The van der Waals surface area contributed by atoms with Crippen molar-refractivity contribution in [2.75, 3.05) is 5.32 Å². The van der Waals surface area contributed by atoms with Gasteiger partial charge in [0.05, 0.1) is 11.2 Å². The van der Waals surface area contributed by atoms with E-state index in [2.05, 4.69) is 20.6 Å². The second kappa shape index (κ2) is 4.48. The molecule has 6 nitrogen and oxygen atoms in total. The van der Waals surface area contributed by atoms with Crippen molar-refractivity contribution in [1.82, 2.24) is 20.0 Å². The number of hydrogen-bond donors (Lipinski definition) is 2. The maximum atomic E-state index is 12.3. The van der Waals surface area contributed by atoms with Crippen molar-refractivity contribution >= 4 is 22.6 Å². The van der Waals surface area contributed by atoms with Crippen LogP contribution in [0.1, 0.15) is 21.7 Å². The average Bonchev–Trinajstić information content (AvgIpc) is 2.93. The van der Waals surface area contributed by atoms with Crippen LogP contribution in [0.4, 0.5) is 5.82 Å². The number of nitrogens with zero attached hydrogens (tertiary/aromatic N) is 3. The summed E-state index contributed by atoms with van der Waals surface area (Å²) in [7, 11) is 1.79. The Kier molecular flexibility index (Phi) is 2.78. The quantitative estimate of drug-likeness (QED) is 0.748. The Labute approximate surface area is 115 Å². The lowest BCUT2D eigenvalue weighted by Crippen LogP contribution is -2.15. The minimum atomic E-state index is -0.246. The lowest BCUT2D eigenvalue weighted by Gasteiger charge is -2.03. The highest BCUT2D eigenvalue weighted by molar-refractivity contribution is 6.10. The van der Waals surface area contributed by atoms with E-state index in [9.17, 15) is 4.79 Å². The molecule has 2 heterocycles. The Morgan fingerprint density at radius 2 is 2.10 bits per heavy atom. The number of carbonyl (C=O) groups is 1. The van der Waals surface area contributed by atoms with Gasteiger partial charge in [-0.1, -0.05) is 11.6 Å². The van der Waals surface area contributed by atoms with Crippen LogP contribution in [0.3, 0.4) is 0 Å². The fourth-order valence-corrected chi connectivity index (χ4v) is 2.20. The standard InChI is InChI=1S/C14H15N5O/c1-8-4-5-11-10(6-8)13(17-16-11)14(20)15-12-7-9(2)18-19(12)3/h4-7H,1-3H3,(H,15,20)(H,16,17). The first-order valence-corrected chi connectivity index (χ1v) is 6.31. The minimum absolute atomic E-state index is 0.246. The van der Waals surface area contributed by atoms with Crippen molar-refractivity contribution in [2.45, 2.75) is 13.8 Å². The van der Waals surface area contributed by atoms with Crippen molar-refractivity contribution < 1.29 is 4.79 Å². The first-order valence-electron chi connectivity index (χ1n) is 6.31. The topological polar surface area (TPSA) is 75.6 Å². The van der Waals surface area contributed by atoms with Crippen molar-refractivity contribution in [2.24, 2.45) is 7.05 Å². The van der Waals surface area contributed by atoms with Gasteiger partial charge in [0.15, 0.2) is 5.69 Å². The van der Waals surface area contributed by atoms with Gasteiger partial charge in [0.2, 0.25) is 0 Å². The third-order valence-corrected chi connectivity index (χ3v) is 3.18. The van der Waals surface area contributed by atoms with Crippen molar-refractivity contribution in [3.63, 3.8) is 0 Å². The summed E-state index contributed by atoms with van der Waals surface area (Å²) in [6, 6.07) is 7.66. The maximum absolute atomic E-state index is 12.3. The largest absolute Gasteiger partial charge is 0.305 e. The number of rotatable bonds is 2. The van der Waals surface area contributed by atoms with Gasteiger partial charge in [-0.2, -0.15) is 10.2 Å². The number of aromatic nitrogens is 4. The molecule has 3 rings (SSSR count). The van der Waals surface area contributed by atoms with E-state index in [4.69, 9.17) is 0 Å². The van der Waals surface area contributed by atoms with Crippen molar-refractivity contribution in [3.8, 4) is 0 Å². The van der Waals surface area contributed by atoms with Gasteiger partial charge >= 0.3 is 0 Å². The molecule has 0 atom stereocenters. The molecule has 2 N–H and O–H groups in total. The Balaban J connectivity index is 1.96. The van der Waals surface area contributed by atoms with Crippen LogP contribution in [0.5, 0.6) is 0 Å². The van der Waals surface area contributed by atoms with Crippen LogP contribution in [0.15, 0.2) is 24.3 Å². The highest BCUT2D eigenvalue weighted by atomic mass is 16.2. The summed E-state index contributed by atoms with van der Waals surface area (Å²) in [5.74, 6) is 0.404. The van der Waals surface area contributed by atoms with E-state index in [0.717, 1.165) is 22.2 Å². The Morgan fingerprint density at radius 1 is 1.30 bits per heavy atom. The van der Waals surface area contributed by atoms with Gasteiger partial charge in [0.1, 0.15) is 5.82 Å². The third-order valence-electron chi connectivity index (χ3n) is 3.18. The minimum Gasteiger partial charge on any atom is -0.305 e. The summed E-state index contributed by atoms with van der Waals surface area (Å²) in [6.07, 6.45) is 0. The average molecular weight is 269 g/mol. The van der Waals surface area contributed by atoms with E-state index in [1.54, 1.807) is 11.7 Å². The van der Waals surface area contributed by atoms with Gasteiger partial charge in [-0.25, -0.2) is 0 Å². The molecule has 0 aliphatic carbocycles. The lowest BCUT2D eigenvalue weighted by molar-refractivity contribution is 0.102. The Morgan fingerprint density at radius 3 is 2.80 bits per heavy atom. The highest BCUT2D eigenvalue weighted by Gasteiger charge is 2.16. The fraction of sp³-hybridized carbons (Fsp3) is 0.214. The molecule has 1 aromatic carbocycles. The number of nitrogens with one attached hydrogen (secondary N) is 2. The molecular formula is C14H15N5O. The Hall–Kier alpha value is -2.63. The number of H-pyrrole nitrogens is 1. The van der Waals surface area contributed by atoms with Crippen LogP contribution in [-0.4, -0.2) is 25.9 Å². The summed E-state index contributed by atoms with van der Waals surface area (Å²) >= 11 is 0. The van der Waals surface area contributed by atoms with Crippen molar-refractivity contribution in [1.29, 1.82) is 0 Å². The predicted octanol–water partition coefficient (Wildman–Crippen LogP) is 2.17. The van der Waals surface area contributed by atoms with Gasteiger partial charge in [0.25, 0.3) is 5.91 Å². The molecule has 0 bridgehead atoms. The summed E-state index contributed by atoms with van der Waals surface area (Å²) in [6.45, 7) is 3.86. The number of amides is 1. The van der Waals surface area contributed by atoms with E-state index in [0.29, 0.717) is 11.5 Å². The molecule has 0 radical (unpaired) electrons. The number of anilines is 1. The molecule has 20 heavy (non-hydrogen) atoms. The zero-order chi connectivity index (χ0) is 14.3. The molecule has 3 aromatic rings. The second-order valence-corrected chi connectivity index (χ2v) is 4.87. The van der Waals surface area contributed by atoms with E-state index < -0.39 is 0 Å². The van der Waals surface area contributed by atoms with Gasteiger partial charge in [0, 0.05) is 18.5 Å². The third kappa shape index (κ3) is 2.05. The molecule has 0 aliphatic rings. The molecule has 102 valence electrons. The van der Waals surface area contributed by atoms with E-state index in [1.165, 1.54) is 0 Å².